The molecule has 3 aromatic rings. The smallest absolute Gasteiger partial charge is 0.289 e. The maximum Gasteiger partial charge on any atom is 0.289 e. The highest BCUT2D eigenvalue weighted by molar-refractivity contribution is 5.92. The Morgan fingerprint density at radius 2 is 1.68 bits per heavy atom. The van der Waals surface area contributed by atoms with E-state index in [0.29, 0.717) is 31.9 Å². The van der Waals surface area contributed by atoms with Crippen LogP contribution in [0.3, 0.4) is 0 Å². The van der Waals surface area contributed by atoms with E-state index in [1.54, 1.807) is 21.9 Å². The molecule has 0 bridgehead atoms. The van der Waals surface area contributed by atoms with E-state index in [1.165, 1.54) is 6.26 Å². The Bertz CT molecular complexity index is 1050. The molecule has 1 aromatic carbocycles. The lowest BCUT2D eigenvalue weighted by molar-refractivity contribution is -0.133. The van der Waals surface area contributed by atoms with Crippen LogP contribution in [0.15, 0.2) is 53.1 Å². The molecule has 1 fully saturated rings. The summed E-state index contributed by atoms with van der Waals surface area (Å²) in [5, 5.41) is 7.99. The number of hydrogen-bond donors (Lipinski definition) is 1. The number of furan rings is 1. The molecule has 1 aliphatic rings. The number of hydrogen-bond acceptors (Lipinski definition) is 5. The molecule has 0 spiro atoms. The molecule has 0 radical (unpaired) electrons. The lowest BCUT2D eigenvalue weighted by Crippen LogP contribution is -2.53. The standard InChI is InChI=1S/C23H27N5O3/c1-16-21(18(3)28(25-16)19-8-5-4-6-9-19)24-17(2)22(29)26-11-13-27(14-12-26)23(30)20-10-7-15-31-20/h4-10,15,17,24H,11-14H2,1-3H3. The fraction of sp³-hybridized carbons (Fsp3) is 0.348. The van der Waals surface area contributed by atoms with Crippen molar-refractivity contribution >= 4 is 17.5 Å². The molecule has 2 aromatic heterocycles. The van der Waals surface area contributed by atoms with Crippen LogP contribution in [-0.4, -0.2) is 63.6 Å². The van der Waals surface area contributed by atoms with Gasteiger partial charge in [-0.05, 0) is 45.0 Å². The number of carbonyl (C=O) groups is 2. The van der Waals surface area contributed by atoms with Crippen LogP contribution < -0.4 is 5.32 Å². The normalized spacial score (nSPS) is 15.1. The summed E-state index contributed by atoms with van der Waals surface area (Å²) in [6, 6.07) is 12.9. The number of para-hydroxylation sites is 1. The van der Waals surface area contributed by atoms with Crippen molar-refractivity contribution < 1.29 is 14.0 Å². The summed E-state index contributed by atoms with van der Waals surface area (Å²) in [6.45, 7) is 7.76. The van der Waals surface area contributed by atoms with Gasteiger partial charge in [0.05, 0.1) is 29.0 Å². The highest BCUT2D eigenvalue weighted by Gasteiger charge is 2.29. The number of rotatable bonds is 5. The molecule has 0 saturated carbocycles. The van der Waals surface area contributed by atoms with Gasteiger partial charge in [-0.3, -0.25) is 9.59 Å². The van der Waals surface area contributed by atoms with Gasteiger partial charge >= 0.3 is 0 Å². The Kier molecular flexibility index (Phi) is 5.79. The average Bonchev–Trinajstić information content (AvgIpc) is 3.43. The van der Waals surface area contributed by atoms with Crippen LogP contribution in [0.2, 0.25) is 0 Å². The Labute approximate surface area is 181 Å². The van der Waals surface area contributed by atoms with Gasteiger partial charge in [-0.1, -0.05) is 18.2 Å². The van der Waals surface area contributed by atoms with Gasteiger partial charge < -0.3 is 19.5 Å². The number of anilines is 1. The number of carbonyl (C=O) groups excluding carboxylic acids is 2. The Morgan fingerprint density at radius 3 is 2.32 bits per heavy atom. The van der Waals surface area contributed by atoms with E-state index in [0.717, 1.165) is 22.8 Å². The predicted molar refractivity (Wildman–Crippen MR) is 117 cm³/mol. The first-order valence-corrected chi connectivity index (χ1v) is 10.5. The van der Waals surface area contributed by atoms with Crippen LogP contribution in [0.4, 0.5) is 5.69 Å². The van der Waals surface area contributed by atoms with Crippen molar-refractivity contribution in [1.82, 2.24) is 19.6 Å². The largest absolute Gasteiger partial charge is 0.459 e. The zero-order valence-corrected chi connectivity index (χ0v) is 18.0. The molecule has 1 N–H and O–H groups in total. The van der Waals surface area contributed by atoms with Gasteiger partial charge in [0.2, 0.25) is 5.91 Å². The van der Waals surface area contributed by atoms with Gasteiger partial charge in [0.25, 0.3) is 5.91 Å². The first-order chi connectivity index (χ1) is 15.0. The molecule has 2 amide bonds. The average molecular weight is 422 g/mol. The molecule has 8 heteroatoms. The number of aryl methyl sites for hydroxylation is 1. The monoisotopic (exact) mass is 421 g/mol. The van der Waals surface area contributed by atoms with Crippen molar-refractivity contribution in [1.29, 1.82) is 0 Å². The third-order valence-corrected chi connectivity index (χ3v) is 5.63. The zero-order chi connectivity index (χ0) is 22.0. The summed E-state index contributed by atoms with van der Waals surface area (Å²) in [4.78, 5) is 29.0. The maximum atomic E-state index is 13.0. The molecular weight excluding hydrogens is 394 g/mol. The molecule has 0 aliphatic carbocycles. The Morgan fingerprint density at radius 1 is 1.00 bits per heavy atom. The summed E-state index contributed by atoms with van der Waals surface area (Å²) in [5.41, 5.74) is 3.65. The topological polar surface area (TPSA) is 83.6 Å². The SMILES string of the molecule is Cc1nn(-c2ccccc2)c(C)c1NC(C)C(=O)N1CCN(C(=O)c2ccco2)CC1. The molecular formula is C23H27N5O3. The fourth-order valence-electron chi connectivity index (χ4n) is 3.91. The van der Waals surface area contributed by atoms with Crippen LogP contribution in [-0.2, 0) is 4.79 Å². The van der Waals surface area contributed by atoms with E-state index in [-0.39, 0.29) is 11.8 Å². The number of amides is 2. The van der Waals surface area contributed by atoms with E-state index < -0.39 is 6.04 Å². The van der Waals surface area contributed by atoms with Gasteiger partial charge in [-0.25, -0.2) is 4.68 Å². The lowest BCUT2D eigenvalue weighted by Gasteiger charge is -2.35. The van der Waals surface area contributed by atoms with Gasteiger partial charge in [0.15, 0.2) is 5.76 Å². The van der Waals surface area contributed by atoms with Crippen molar-refractivity contribution in [2.45, 2.75) is 26.8 Å². The second-order valence-electron chi connectivity index (χ2n) is 7.75. The van der Waals surface area contributed by atoms with Gasteiger partial charge in [0, 0.05) is 26.2 Å². The number of aromatic nitrogens is 2. The van der Waals surface area contributed by atoms with E-state index >= 15 is 0 Å². The predicted octanol–water partition coefficient (Wildman–Crippen LogP) is 2.87. The quantitative estimate of drug-likeness (QED) is 0.685. The molecule has 1 atom stereocenters. The lowest BCUT2D eigenvalue weighted by atomic mass is 10.2. The number of piperazine rings is 1. The van der Waals surface area contributed by atoms with Crippen LogP contribution >= 0.6 is 0 Å². The van der Waals surface area contributed by atoms with Crippen LogP contribution in [0.25, 0.3) is 5.69 Å². The van der Waals surface area contributed by atoms with Crippen LogP contribution in [0.5, 0.6) is 0 Å². The minimum Gasteiger partial charge on any atom is -0.459 e. The summed E-state index contributed by atoms with van der Waals surface area (Å²) < 4.78 is 7.08. The summed E-state index contributed by atoms with van der Waals surface area (Å²) in [5.74, 6) is 0.204. The second-order valence-corrected chi connectivity index (χ2v) is 7.75. The van der Waals surface area contributed by atoms with Crippen LogP contribution in [0, 0.1) is 13.8 Å². The van der Waals surface area contributed by atoms with E-state index in [4.69, 9.17) is 4.42 Å². The van der Waals surface area contributed by atoms with Gasteiger partial charge in [-0.15, -0.1) is 0 Å². The highest BCUT2D eigenvalue weighted by Crippen LogP contribution is 2.24. The first kappa shape index (κ1) is 20.7. The summed E-state index contributed by atoms with van der Waals surface area (Å²) in [6.07, 6.45) is 1.49. The molecule has 1 saturated heterocycles. The van der Waals surface area contributed by atoms with Crippen molar-refractivity contribution in [2.24, 2.45) is 0 Å². The van der Waals surface area contributed by atoms with E-state index in [2.05, 4.69) is 10.4 Å². The number of benzene rings is 1. The first-order valence-electron chi connectivity index (χ1n) is 10.5. The molecule has 1 unspecified atom stereocenters. The molecule has 4 rings (SSSR count). The van der Waals surface area contributed by atoms with E-state index in [1.807, 2.05) is 55.8 Å². The van der Waals surface area contributed by atoms with E-state index in [9.17, 15) is 9.59 Å². The van der Waals surface area contributed by atoms with Crippen molar-refractivity contribution in [3.05, 3.63) is 65.9 Å². The molecule has 3 heterocycles. The Balaban J connectivity index is 1.39. The zero-order valence-electron chi connectivity index (χ0n) is 18.0. The molecule has 1 aliphatic heterocycles. The van der Waals surface area contributed by atoms with Crippen molar-refractivity contribution in [3.8, 4) is 5.69 Å². The van der Waals surface area contributed by atoms with Crippen LogP contribution in [0.1, 0.15) is 28.9 Å². The second kappa shape index (κ2) is 8.67. The fourth-order valence-corrected chi connectivity index (χ4v) is 3.91. The third kappa shape index (κ3) is 4.19. The number of nitrogens with zero attached hydrogens (tertiary/aromatic N) is 4. The Hall–Kier alpha value is -3.55. The van der Waals surface area contributed by atoms with Gasteiger partial charge in [-0.2, -0.15) is 5.10 Å². The molecule has 31 heavy (non-hydrogen) atoms. The maximum absolute atomic E-state index is 13.0. The minimum atomic E-state index is -0.404. The molecule has 8 nitrogen and oxygen atoms in total. The summed E-state index contributed by atoms with van der Waals surface area (Å²) in [7, 11) is 0. The highest BCUT2D eigenvalue weighted by atomic mass is 16.3. The van der Waals surface area contributed by atoms with Crippen molar-refractivity contribution in [3.63, 3.8) is 0 Å². The van der Waals surface area contributed by atoms with Crippen molar-refractivity contribution in [2.75, 3.05) is 31.5 Å². The molecule has 162 valence electrons. The number of nitrogens with one attached hydrogen (secondary N) is 1. The third-order valence-electron chi connectivity index (χ3n) is 5.63. The minimum absolute atomic E-state index is 0.0105. The van der Waals surface area contributed by atoms with Gasteiger partial charge in [0.1, 0.15) is 6.04 Å². The summed E-state index contributed by atoms with van der Waals surface area (Å²) >= 11 is 0.